The maximum atomic E-state index is 7.76. The quantitative estimate of drug-likeness (QED) is 0.488. The van der Waals surface area contributed by atoms with Crippen LogP contribution >= 0.6 is 0 Å². The molecule has 0 radical (unpaired) electrons. The van der Waals surface area contributed by atoms with Crippen LogP contribution in [0.1, 0.15) is 32.0 Å². The number of pyridine rings is 2. The number of furan rings is 1. The van der Waals surface area contributed by atoms with Crippen molar-refractivity contribution in [1.82, 2.24) is 9.79 Å². The van der Waals surface area contributed by atoms with Gasteiger partial charge in [0.2, 0.25) is 5.71 Å². The molecule has 0 aromatic carbocycles. The molecule has 25 heavy (non-hydrogen) atoms. The number of rotatable bonds is 1. The molecule has 0 unspecified atom stereocenters. The Morgan fingerprint density at radius 2 is 2.08 bits per heavy atom. The van der Waals surface area contributed by atoms with Gasteiger partial charge in [-0.2, -0.15) is 0 Å². The minimum absolute atomic E-state index is 0.00377. The van der Waals surface area contributed by atoms with Gasteiger partial charge in [0.05, 0.1) is 0 Å². The van der Waals surface area contributed by atoms with Crippen LogP contribution in [-0.2, 0) is 7.05 Å². The number of fused-ring (bicyclic) bond motifs is 3. The number of aryl methyl sites for hydroxylation is 4. The molecule has 0 amide bonds. The van der Waals surface area contributed by atoms with E-state index in [1.807, 2.05) is 42.7 Å². The highest BCUT2D eigenvalue weighted by molar-refractivity contribution is 6.85. The first kappa shape index (κ1) is 10.4. The molecule has 0 spiro atoms. The van der Waals surface area contributed by atoms with E-state index in [2.05, 4.69) is 4.98 Å². The zero-order valence-electron chi connectivity index (χ0n) is 20.7. The third kappa shape index (κ3) is 2.37. The van der Waals surface area contributed by atoms with Gasteiger partial charge >= 0.3 is 6.85 Å². The zero-order valence-corrected chi connectivity index (χ0v) is 14.7. The summed E-state index contributed by atoms with van der Waals surface area (Å²) in [7, 11) is 3.79. The second kappa shape index (κ2) is 5.48. The Balaban J connectivity index is 1.92. The predicted octanol–water partition coefficient (Wildman–Crippen LogP) is 0.869. The fourth-order valence-corrected chi connectivity index (χ4v) is 3.60. The van der Waals surface area contributed by atoms with Crippen molar-refractivity contribution in [3.8, 4) is 0 Å². The Hall–Kier alpha value is -2.56. The predicted molar refractivity (Wildman–Crippen MR) is 102 cm³/mol. The minimum atomic E-state index is -2.31. The Labute approximate surface area is 156 Å². The Morgan fingerprint density at radius 3 is 2.84 bits per heavy atom. The van der Waals surface area contributed by atoms with Crippen molar-refractivity contribution in [2.24, 2.45) is 7.05 Å². The molecule has 0 fully saturated rings. The number of hydrogen-bond acceptors (Lipinski definition) is 3. The van der Waals surface area contributed by atoms with E-state index < -0.39 is 13.7 Å². The molecule has 3 aromatic rings. The van der Waals surface area contributed by atoms with Gasteiger partial charge in [0.25, 0.3) is 0 Å². The lowest BCUT2D eigenvalue weighted by Gasteiger charge is -2.24. The summed E-state index contributed by atoms with van der Waals surface area (Å²) in [6, 6.07) is 5.15. The van der Waals surface area contributed by atoms with Gasteiger partial charge in [-0.1, -0.05) is 0 Å². The second-order valence-electron chi connectivity index (χ2n) is 6.68. The molecule has 3 aromatic heterocycles. The molecule has 0 saturated carbocycles. The first-order chi connectivity index (χ1) is 14.3. The van der Waals surface area contributed by atoms with E-state index in [4.69, 9.17) is 12.6 Å². The molecule has 0 atom stereocenters. The van der Waals surface area contributed by atoms with Gasteiger partial charge in [0, 0.05) is 36.2 Å². The van der Waals surface area contributed by atoms with E-state index in [0.29, 0.717) is 22.3 Å². The fourth-order valence-electron chi connectivity index (χ4n) is 3.60. The summed E-state index contributed by atoms with van der Waals surface area (Å²) in [6.07, 6.45) is 3.62. The Morgan fingerprint density at radius 1 is 1.24 bits per heavy atom. The summed E-state index contributed by atoms with van der Waals surface area (Å²) in [5.74, 6) is 0. The third-order valence-corrected chi connectivity index (χ3v) is 4.90. The zero-order chi connectivity index (χ0) is 22.9. The molecular weight excluding hydrogens is 309 g/mol. The Bertz CT molecular complexity index is 1330. The molecule has 5 heteroatoms. The van der Waals surface area contributed by atoms with Crippen LogP contribution in [0.25, 0.3) is 22.8 Å². The van der Waals surface area contributed by atoms with Gasteiger partial charge in [-0.25, -0.2) is 9.55 Å². The lowest BCUT2D eigenvalue weighted by atomic mass is 9.50. The minimum Gasteiger partial charge on any atom is -0.438 e. The van der Waals surface area contributed by atoms with Crippen LogP contribution in [0, 0.1) is 20.6 Å². The lowest BCUT2D eigenvalue weighted by Crippen LogP contribution is -2.62. The van der Waals surface area contributed by atoms with Gasteiger partial charge in [-0.3, -0.25) is 0 Å². The van der Waals surface area contributed by atoms with E-state index in [9.17, 15) is 0 Å². The average molecular weight is 338 g/mol. The molecule has 4 heterocycles. The van der Waals surface area contributed by atoms with Crippen molar-refractivity contribution < 1.29 is 17.2 Å². The molecule has 0 saturated heterocycles. The number of nitrogens with zero attached hydrogens (tertiary/aromatic N) is 3. The van der Waals surface area contributed by atoms with Crippen LogP contribution in [0.5, 0.6) is 0 Å². The molecule has 0 aliphatic carbocycles. The van der Waals surface area contributed by atoms with Crippen LogP contribution in [0.2, 0.25) is 0 Å². The standard InChI is InChI=1S/C20H23BN3O/c1-12-9-18(23(5)10-13(12)2)21-15(4)19-17(11-24(21)6)16-8-7-14(3)22-20(16)25-19/h7-11H,1-6H3/q+1/i2D3,3D3. The van der Waals surface area contributed by atoms with Crippen molar-refractivity contribution in [3.05, 3.63) is 51.9 Å². The molecule has 4 nitrogen and oxygen atoms in total. The van der Waals surface area contributed by atoms with Crippen molar-refractivity contribution in [3.63, 3.8) is 0 Å². The molecular formula is C20H23BN3O+. The highest BCUT2D eigenvalue weighted by Gasteiger charge is 2.35. The maximum Gasteiger partial charge on any atom is 0.402 e. The first-order valence-corrected chi connectivity index (χ1v) is 8.14. The summed E-state index contributed by atoms with van der Waals surface area (Å²) in [6.45, 7) is -0.891. The van der Waals surface area contributed by atoms with Crippen molar-refractivity contribution in [2.45, 2.75) is 27.6 Å². The maximum absolute atomic E-state index is 7.76. The third-order valence-electron chi connectivity index (χ3n) is 4.90. The molecule has 0 N–H and O–H groups in total. The summed E-state index contributed by atoms with van der Waals surface area (Å²) in [4.78, 5) is 6.28. The van der Waals surface area contributed by atoms with Crippen LogP contribution in [0.15, 0.2) is 28.8 Å². The highest BCUT2D eigenvalue weighted by Crippen LogP contribution is 2.13. The highest BCUT2D eigenvalue weighted by atomic mass is 16.3. The second-order valence-corrected chi connectivity index (χ2v) is 6.68. The summed E-state index contributed by atoms with van der Waals surface area (Å²) in [5, 5.41) is 1.61. The lowest BCUT2D eigenvalue weighted by molar-refractivity contribution is -0.654. The molecule has 1 aliphatic rings. The van der Waals surface area contributed by atoms with E-state index in [1.54, 1.807) is 19.2 Å². The molecule has 4 rings (SSSR count). The van der Waals surface area contributed by atoms with Crippen molar-refractivity contribution in [2.75, 3.05) is 7.05 Å². The summed E-state index contributed by atoms with van der Waals surface area (Å²) in [5.41, 5.74) is 3.83. The van der Waals surface area contributed by atoms with E-state index in [1.165, 1.54) is 6.07 Å². The van der Waals surface area contributed by atoms with Gasteiger partial charge in [0.15, 0.2) is 11.8 Å². The van der Waals surface area contributed by atoms with Gasteiger partial charge in [-0.15, -0.1) is 0 Å². The van der Waals surface area contributed by atoms with Gasteiger partial charge < -0.3 is 9.23 Å². The molecule has 0 bridgehead atoms. The monoisotopic (exact) mass is 338 g/mol. The Kier molecular flexibility index (Phi) is 2.29. The smallest absolute Gasteiger partial charge is 0.402 e. The van der Waals surface area contributed by atoms with Crippen LogP contribution in [0.4, 0.5) is 0 Å². The van der Waals surface area contributed by atoms with Gasteiger partial charge in [-0.05, 0) is 64.0 Å². The SMILES string of the molecule is [2H]C([2H])([2H])c1ccc2c3c(oc2n1)=C(C)B(c1cc(C)c(C([2H])([2H])[2H])c[n+]1C)N(C)C=3. The number of hydrogen-bond donors (Lipinski definition) is 0. The summed E-state index contributed by atoms with van der Waals surface area (Å²) < 4.78 is 53.9. The van der Waals surface area contributed by atoms with E-state index in [-0.39, 0.29) is 12.5 Å². The van der Waals surface area contributed by atoms with Crippen LogP contribution in [-0.4, -0.2) is 23.7 Å². The van der Waals surface area contributed by atoms with Crippen LogP contribution < -0.4 is 20.8 Å². The average Bonchev–Trinajstić information content (AvgIpc) is 3.00. The first-order valence-electron chi connectivity index (χ1n) is 11.1. The largest absolute Gasteiger partial charge is 0.438 e. The van der Waals surface area contributed by atoms with E-state index >= 15 is 0 Å². The number of aromatic nitrogens is 2. The normalized spacial score (nSPS) is 18.6. The molecule has 1 aliphatic heterocycles. The molecule has 126 valence electrons. The van der Waals surface area contributed by atoms with Crippen molar-refractivity contribution in [1.29, 1.82) is 0 Å². The fraction of sp³-hybridized carbons (Fsp3) is 0.300. The van der Waals surface area contributed by atoms with Crippen molar-refractivity contribution >= 4 is 35.2 Å². The van der Waals surface area contributed by atoms with Gasteiger partial charge in [0.1, 0.15) is 12.5 Å². The van der Waals surface area contributed by atoms with E-state index in [0.717, 1.165) is 21.7 Å². The topological polar surface area (TPSA) is 33.1 Å². The van der Waals surface area contributed by atoms with Crippen LogP contribution in [0.3, 0.4) is 0 Å². The summed E-state index contributed by atoms with van der Waals surface area (Å²) >= 11 is 0.